The van der Waals surface area contributed by atoms with Crippen LogP contribution in [0.5, 0.6) is 0 Å². The summed E-state index contributed by atoms with van der Waals surface area (Å²) in [5.74, 6) is 0.632. The number of benzene rings is 2. The predicted octanol–water partition coefficient (Wildman–Crippen LogP) is 10.6. The highest BCUT2D eigenvalue weighted by molar-refractivity contribution is 5.82. The molecule has 0 aromatic heterocycles. The van der Waals surface area contributed by atoms with Crippen molar-refractivity contribution in [2.24, 2.45) is 5.92 Å². The van der Waals surface area contributed by atoms with E-state index in [2.05, 4.69) is 55.5 Å². The van der Waals surface area contributed by atoms with Gasteiger partial charge in [0.1, 0.15) is 12.4 Å². The Hall–Kier alpha value is -2.62. The van der Waals surface area contributed by atoms with E-state index < -0.39 is 0 Å². The summed E-state index contributed by atoms with van der Waals surface area (Å²) < 4.78 is 6.07. The van der Waals surface area contributed by atoms with Crippen LogP contribution in [0, 0.1) is 5.92 Å². The molecular weight excluding hydrogens is 530 g/mol. The lowest BCUT2D eigenvalue weighted by atomic mass is 9.76. The first-order chi connectivity index (χ1) is 21.2. The van der Waals surface area contributed by atoms with Crippen LogP contribution in [0.15, 0.2) is 48.5 Å². The average molecular weight is 586 g/mol. The van der Waals surface area contributed by atoms with E-state index >= 15 is 0 Å². The van der Waals surface area contributed by atoms with Gasteiger partial charge in [-0.25, -0.2) is 4.79 Å². The molecule has 2 atom stereocenters. The van der Waals surface area contributed by atoms with Gasteiger partial charge in [0.15, 0.2) is 0 Å². The topological polar surface area (TPSA) is 46.6 Å². The Morgan fingerprint density at radius 2 is 1.19 bits per heavy atom. The van der Waals surface area contributed by atoms with Crippen LogP contribution in [-0.4, -0.2) is 35.5 Å². The first-order valence-corrected chi connectivity index (χ1v) is 17.8. The zero-order valence-electron chi connectivity index (χ0n) is 26.7. The lowest BCUT2D eigenvalue weighted by Crippen LogP contribution is -2.55. The number of unbranched alkanes of at least 4 members (excludes halogenated alkanes) is 12. The number of hydrogen-bond donors (Lipinski definition) is 0. The number of carbonyl (C=O) groups excluding carboxylic acids is 2. The molecule has 234 valence electrons. The van der Waals surface area contributed by atoms with E-state index in [1.807, 2.05) is 4.90 Å². The van der Waals surface area contributed by atoms with Crippen molar-refractivity contribution in [1.82, 2.24) is 4.90 Å². The molecule has 1 aliphatic carbocycles. The molecule has 2 bridgehead atoms. The van der Waals surface area contributed by atoms with Crippen molar-refractivity contribution in [3.63, 3.8) is 0 Å². The van der Waals surface area contributed by atoms with Gasteiger partial charge in [-0.05, 0) is 60.8 Å². The minimum atomic E-state index is -0.182. The first kappa shape index (κ1) is 31.8. The molecule has 4 nitrogen and oxygen atoms in total. The SMILES string of the molecule is CCCCCCCCCCCCCCCC(=O)C1CC2CCCC(C1)N2C(=O)OCC1c2ccccc2-c2ccccc21. The fourth-order valence-corrected chi connectivity index (χ4v) is 8.13. The Morgan fingerprint density at radius 3 is 1.72 bits per heavy atom. The van der Waals surface area contributed by atoms with Gasteiger partial charge in [-0.1, -0.05) is 133 Å². The maximum absolute atomic E-state index is 13.5. The Balaban J connectivity index is 1.01. The third kappa shape index (κ3) is 8.31. The van der Waals surface area contributed by atoms with E-state index in [4.69, 9.17) is 4.74 Å². The Morgan fingerprint density at radius 1 is 0.698 bits per heavy atom. The quantitative estimate of drug-likeness (QED) is 0.174. The summed E-state index contributed by atoms with van der Waals surface area (Å²) >= 11 is 0. The van der Waals surface area contributed by atoms with E-state index in [1.54, 1.807) is 0 Å². The van der Waals surface area contributed by atoms with Crippen molar-refractivity contribution in [1.29, 1.82) is 0 Å². The van der Waals surface area contributed by atoms with Gasteiger partial charge in [0.2, 0.25) is 0 Å². The molecule has 2 fully saturated rings. The molecule has 2 aromatic carbocycles. The van der Waals surface area contributed by atoms with Crippen molar-refractivity contribution in [2.45, 2.75) is 147 Å². The second-order valence-electron chi connectivity index (χ2n) is 13.6. The Bertz CT molecular complexity index is 1120. The van der Waals surface area contributed by atoms with Crippen molar-refractivity contribution < 1.29 is 14.3 Å². The van der Waals surface area contributed by atoms with Crippen molar-refractivity contribution in [3.05, 3.63) is 59.7 Å². The molecule has 4 heteroatoms. The summed E-state index contributed by atoms with van der Waals surface area (Å²) in [7, 11) is 0. The Kier molecular flexibility index (Phi) is 12.2. The van der Waals surface area contributed by atoms with Gasteiger partial charge in [0.25, 0.3) is 0 Å². The summed E-state index contributed by atoms with van der Waals surface area (Å²) in [6, 6.07) is 17.2. The minimum absolute atomic E-state index is 0.0793. The molecule has 3 aliphatic rings. The third-order valence-electron chi connectivity index (χ3n) is 10.5. The number of ether oxygens (including phenoxy) is 1. The van der Waals surface area contributed by atoms with E-state index in [-0.39, 0.29) is 30.0 Å². The third-order valence-corrected chi connectivity index (χ3v) is 10.5. The van der Waals surface area contributed by atoms with Crippen LogP contribution in [0.1, 0.15) is 146 Å². The molecular formula is C39H55NO3. The summed E-state index contributed by atoms with van der Waals surface area (Å²) in [5, 5.41) is 0. The second kappa shape index (κ2) is 16.5. The van der Waals surface area contributed by atoms with Gasteiger partial charge >= 0.3 is 6.09 Å². The number of rotatable bonds is 17. The van der Waals surface area contributed by atoms with Crippen LogP contribution < -0.4 is 0 Å². The number of nitrogens with zero attached hydrogens (tertiary/aromatic N) is 1. The molecule has 0 saturated carbocycles. The van der Waals surface area contributed by atoms with E-state index in [0.717, 1.165) is 38.5 Å². The van der Waals surface area contributed by atoms with E-state index in [0.29, 0.717) is 18.8 Å². The molecule has 2 heterocycles. The predicted molar refractivity (Wildman–Crippen MR) is 176 cm³/mol. The van der Waals surface area contributed by atoms with E-state index in [9.17, 15) is 9.59 Å². The highest BCUT2D eigenvalue weighted by Crippen LogP contribution is 2.45. The van der Waals surface area contributed by atoms with Crippen LogP contribution in [0.25, 0.3) is 11.1 Å². The number of hydrogen-bond acceptors (Lipinski definition) is 3. The second-order valence-corrected chi connectivity index (χ2v) is 13.6. The standard InChI is InChI=1S/C39H55NO3/c1-2-3-4-5-6-7-8-9-10-11-12-13-14-26-38(41)30-27-31-20-19-21-32(28-30)40(31)39(42)43-29-37-35-24-17-15-22-33(35)34-23-16-18-25-36(34)37/h15-18,22-25,30-32,37H,2-14,19-21,26-29H2,1H3. The maximum Gasteiger partial charge on any atom is 0.410 e. The van der Waals surface area contributed by atoms with Gasteiger partial charge in [0, 0.05) is 30.3 Å². The summed E-state index contributed by atoms with van der Waals surface area (Å²) in [5.41, 5.74) is 4.99. The zero-order chi connectivity index (χ0) is 29.9. The van der Waals surface area contributed by atoms with Crippen LogP contribution in [-0.2, 0) is 9.53 Å². The largest absolute Gasteiger partial charge is 0.448 e. The van der Waals surface area contributed by atoms with Gasteiger partial charge in [0.05, 0.1) is 0 Å². The number of amides is 1. The van der Waals surface area contributed by atoms with Crippen LogP contribution >= 0.6 is 0 Å². The normalized spacial score (nSPS) is 21.0. The fourth-order valence-electron chi connectivity index (χ4n) is 8.13. The Labute approximate surface area is 261 Å². The molecule has 5 rings (SSSR count). The molecule has 0 spiro atoms. The van der Waals surface area contributed by atoms with Crippen molar-refractivity contribution in [2.75, 3.05) is 6.61 Å². The number of piperidine rings is 2. The van der Waals surface area contributed by atoms with Crippen LogP contribution in [0.4, 0.5) is 4.79 Å². The van der Waals surface area contributed by atoms with Crippen LogP contribution in [0.3, 0.4) is 0 Å². The van der Waals surface area contributed by atoms with Gasteiger partial charge < -0.3 is 9.64 Å². The van der Waals surface area contributed by atoms with Crippen molar-refractivity contribution >= 4 is 11.9 Å². The molecule has 2 saturated heterocycles. The van der Waals surface area contributed by atoms with Crippen LogP contribution in [0.2, 0.25) is 0 Å². The fraction of sp³-hybridized carbons (Fsp3) is 0.641. The highest BCUT2D eigenvalue weighted by Gasteiger charge is 2.43. The molecule has 0 radical (unpaired) electrons. The van der Waals surface area contributed by atoms with Gasteiger partial charge in [-0.3, -0.25) is 4.79 Å². The lowest BCUT2D eigenvalue weighted by Gasteiger charge is -2.47. The monoisotopic (exact) mass is 585 g/mol. The van der Waals surface area contributed by atoms with Gasteiger partial charge in [-0.2, -0.15) is 0 Å². The lowest BCUT2D eigenvalue weighted by molar-refractivity contribution is -0.126. The first-order valence-electron chi connectivity index (χ1n) is 17.8. The molecule has 2 aliphatic heterocycles. The van der Waals surface area contributed by atoms with Crippen molar-refractivity contribution in [3.8, 4) is 11.1 Å². The molecule has 1 amide bonds. The minimum Gasteiger partial charge on any atom is -0.448 e. The smallest absolute Gasteiger partial charge is 0.410 e. The molecule has 2 unspecified atom stereocenters. The summed E-state index contributed by atoms with van der Waals surface area (Å²) in [4.78, 5) is 28.7. The molecule has 2 aromatic rings. The number of Topliss-reactive ketones (excluding diaryl/α,β-unsaturated/α-hetero) is 1. The summed E-state index contributed by atoms with van der Waals surface area (Å²) in [6.07, 6.45) is 22.5. The maximum atomic E-state index is 13.5. The van der Waals surface area contributed by atoms with Gasteiger partial charge in [-0.15, -0.1) is 0 Å². The number of fused-ring (bicyclic) bond motifs is 5. The highest BCUT2D eigenvalue weighted by atomic mass is 16.6. The van der Waals surface area contributed by atoms with E-state index in [1.165, 1.54) is 99.3 Å². The summed E-state index contributed by atoms with van der Waals surface area (Å²) in [6.45, 7) is 2.64. The molecule has 0 N–H and O–H groups in total. The average Bonchev–Trinajstić information content (AvgIpc) is 3.35. The number of ketones is 1. The molecule has 43 heavy (non-hydrogen) atoms. The zero-order valence-corrected chi connectivity index (χ0v) is 26.7. The number of carbonyl (C=O) groups is 2.